The van der Waals surface area contributed by atoms with Gasteiger partial charge in [-0.2, -0.15) is 0 Å². The first-order valence-electron chi connectivity index (χ1n) is 6.72. The van der Waals surface area contributed by atoms with Crippen LogP contribution in [-0.4, -0.2) is 37.1 Å². The Hall–Kier alpha value is -0.0800. The summed E-state index contributed by atoms with van der Waals surface area (Å²) < 4.78 is 0. The predicted molar refractivity (Wildman–Crippen MR) is 65.0 cm³/mol. The van der Waals surface area contributed by atoms with Gasteiger partial charge in [-0.05, 0) is 44.2 Å². The Morgan fingerprint density at radius 3 is 2.80 bits per heavy atom. The summed E-state index contributed by atoms with van der Waals surface area (Å²) in [4.78, 5) is 2.74. The van der Waals surface area contributed by atoms with Gasteiger partial charge in [0.2, 0.25) is 0 Å². The number of nitrogens with zero attached hydrogens (tertiary/aromatic N) is 1. The number of nitrogens with one attached hydrogen (secondary N) is 1. The predicted octanol–water partition coefficient (Wildman–Crippen LogP) is 2.11. The van der Waals surface area contributed by atoms with E-state index < -0.39 is 0 Å². The van der Waals surface area contributed by atoms with E-state index >= 15 is 0 Å². The highest BCUT2D eigenvalue weighted by molar-refractivity contribution is 4.85. The first kappa shape index (κ1) is 11.4. The number of hydrogen-bond acceptors (Lipinski definition) is 2. The molecule has 0 radical (unpaired) electrons. The lowest BCUT2D eigenvalue weighted by molar-refractivity contribution is 0.215. The van der Waals surface area contributed by atoms with E-state index in [1.54, 1.807) is 0 Å². The molecule has 2 nitrogen and oxygen atoms in total. The molecule has 88 valence electrons. The first-order valence-corrected chi connectivity index (χ1v) is 6.72. The smallest absolute Gasteiger partial charge is 0.0220 e. The minimum atomic E-state index is 0.830. The molecule has 2 rings (SSSR count). The van der Waals surface area contributed by atoms with Crippen LogP contribution in [0.1, 0.15) is 39.5 Å². The minimum Gasteiger partial charge on any atom is -0.315 e. The van der Waals surface area contributed by atoms with Crippen LogP contribution < -0.4 is 5.32 Å². The number of hydrogen-bond donors (Lipinski definition) is 1. The maximum atomic E-state index is 3.58. The largest absolute Gasteiger partial charge is 0.315 e. The Bertz CT molecular complexity index is 183. The molecule has 0 saturated carbocycles. The van der Waals surface area contributed by atoms with Crippen molar-refractivity contribution in [1.82, 2.24) is 10.2 Å². The maximum absolute atomic E-state index is 3.58. The summed E-state index contributed by atoms with van der Waals surface area (Å²) in [6, 6.07) is 0.830. The Balaban J connectivity index is 1.83. The average molecular weight is 210 g/mol. The Morgan fingerprint density at radius 1 is 1.20 bits per heavy atom. The summed E-state index contributed by atoms with van der Waals surface area (Å²) in [6.07, 6.45) is 5.63. The molecule has 0 bridgehead atoms. The van der Waals surface area contributed by atoms with E-state index in [-0.39, 0.29) is 0 Å². The normalized spacial score (nSPS) is 34.6. The van der Waals surface area contributed by atoms with Crippen molar-refractivity contribution in [2.75, 3.05) is 26.2 Å². The van der Waals surface area contributed by atoms with Gasteiger partial charge in [0.1, 0.15) is 0 Å². The molecule has 0 aromatic rings. The molecular weight excluding hydrogens is 184 g/mol. The van der Waals surface area contributed by atoms with E-state index in [4.69, 9.17) is 0 Å². The second-order valence-electron chi connectivity index (χ2n) is 5.64. The Kier molecular flexibility index (Phi) is 4.04. The van der Waals surface area contributed by atoms with Crippen molar-refractivity contribution < 1.29 is 0 Å². The van der Waals surface area contributed by atoms with E-state index in [1.807, 2.05) is 0 Å². The zero-order valence-electron chi connectivity index (χ0n) is 10.3. The fourth-order valence-electron chi connectivity index (χ4n) is 3.00. The summed E-state index contributed by atoms with van der Waals surface area (Å²) in [5.74, 6) is 1.82. The second-order valence-corrected chi connectivity index (χ2v) is 5.64. The summed E-state index contributed by atoms with van der Waals surface area (Å²) in [6.45, 7) is 9.90. The van der Waals surface area contributed by atoms with Crippen LogP contribution in [0.2, 0.25) is 0 Å². The molecule has 2 unspecified atom stereocenters. The van der Waals surface area contributed by atoms with Gasteiger partial charge in [-0.3, -0.25) is 4.90 Å². The molecule has 2 saturated heterocycles. The van der Waals surface area contributed by atoms with Gasteiger partial charge < -0.3 is 5.32 Å². The van der Waals surface area contributed by atoms with E-state index in [2.05, 4.69) is 24.1 Å². The van der Waals surface area contributed by atoms with Crippen LogP contribution in [0, 0.1) is 11.8 Å². The zero-order valence-corrected chi connectivity index (χ0v) is 10.3. The van der Waals surface area contributed by atoms with Crippen LogP contribution in [0.5, 0.6) is 0 Å². The Labute approximate surface area is 94.4 Å². The van der Waals surface area contributed by atoms with E-state index in [9.17, 15) is 0 Å². The van der Waals surface area contributed by atoms with Gasteiger partial charge in [-0.15, -0.1) is 0 Å². The molecule has 2 fully saturated rings. The maximum Gasteiger partial charge on any atom is 0.0220 e. The van der Waals surface area contributed by atoms with Gasteiger partial charge in [-0.25, -0.2) is 0 Å². The minimum absolute atomic E-state index is 0.830. The van der Waals surface area contributed by atoms with Gasteiger partial charge in [0.15, 0.2) is 0 Å². The molecule has 2 heteroatoms. The van der Waals surface area contributed by atoms with Crippen LogP contribution in [0.25, 0.3) is 0 Å². The van der Waals surface area contributed by atoms with Crippen LogP contribution in [0.15, 0.2) is 0 Å². The van der Waals surface area contributed by atoms with Crippen molar-refractivity contribution in [3.05, 3.63) is 0 Å². The van der Waals surface area contributed by atoms with E-state index in [0.29, 0.717) is 0 Å². The number of likely N-dealkylation sites (tertiary alicyclic amines) is 1. The van der Waals surface area contributed by atoms with Crippen molar-refractivity contribution in [1.29, 1.82) is 0 Å². The van der Waals surface area contributed by atoms with Crippen molar-refractivity contribution in [2.45, 2.75) is 45.6 Å². The highest BCUT2D eigenvalue weighted by Gasteiger charge is 2.29. The second kappa shape index (κ2) is 5.31. The molecule has 0 aromatic carbocycles. The van der Waals surface area contributed by atoms with Crippen LogP contribution in [0.4, 0.5) is 0 Å². The highest BCUT2D eigenvalue weighted by Crippen LogP contribution is 2.26. The van der Waals surface area contributed by atoms with Crippen molar-refractivity contribution in [3.63, 3.8) is 0 Å². The van der Waals surface area contributed by atoms with E-state index in [1.165, 1.54) is 51.9 Å². The quantitative estimate of drug-likeness (QED) is 0.751. The third-order valence-electron chi connectivity index (χ3n) is 4.24. The SMILES string of the molecule is CC(C)C1CCN(C2CCCCNC2)C1. The van der Waals surface area contributed by atoms with Gasteiger partial charge in [0, 0.05) is 19.1 Å². The third-order valence-corrected chi connectivity index (χ3v) is 4.24. The van der Waals surface area contributed by atoms with Gasteiger partial charge in [0.25, 0.3) is 0 Å². The van der Waals surface area contributed by atoms with Crippen molar-refractivity contribution in [3.8, 4) is 0 Å². The lowest BCUT2D eigenvalue weighted by Gasteiger charge is -2.27. The van der Waals surface area contributed by atoms with Gasteiger partial charge in [-0.1, -0.05) is 20.3 Å². The molecule has 2 aliphatic rings. The van der Waals surface area contributed by atoms with Gasteiger partial charge >= 0.3 is 0 Å². The lowest BCUT2D eigenvalue weighted by atomic mass is 9.95. The van der Waals surface area contributed by atoms with Crippen LogP contribution >= 0.6 is 0 Å². The van der Waals surface area contributed by atoms with Crippen molar-refractivity contribution in [2.24, 2.45) is 11.8 Å². The zero-order chi connectivity index (χ0) is 10.7. The molecule has 0 aromatic heterocycles. The molecule has 1 N–H and O–H groups in total. The molecular formula is C13H26N2. The fourth-order valence-corrected chi connectivity index (χ4v) is 3.00. The fraction of sp³-hybridized carbons (Fsp3) is 1.00. The van der Waals surface area contributed by atoms with Crippen molar-refractivity contribution >= 4 is 0 Å². The third kappa shape index (κ3) is 2.94. The molecule has 0 spiro atoms. The molecule has 15 heavy (non-hydrogen) atoms. The Morgan fingerprint density at radius 2 is 2.07 bits per heavy atom. The average Bonchev–Trinajstić information content (AvgIpc) is 2.55. The van der Waals surface area contributed by atoms with Crippen LogP contribution in [-0.2, 0) is 0 Å². The lowest BCUT2D eigenvalue weighted by Crippen LogP contribution is -2.40. The van der Waals surface area contributed by atoms with Crippen LogP contribution in [0.3, 0.4) is 0 Å². The summed E-state index contributed by atoms with van der Waals surface area (Å²) in [7, 11) is 0. The molecule has 2 atom stereocenters. The van der Waals surface area contributed by atoms with E-state index in [0.717, 1.165) is 17.9 Å². The molecule has 0 aliphatic carbocycles. The number of rotatable bonds is 2. The molecule has 0 amide bonds. The molecule has 2 aliphatic heterocycles. The summed E-state index contributed by atoms with van der Waals surface area (Å²) in [5, 5.41) is 3.58. The standard InChI is InChI=1S/C13H26N2/c1-11(2)12-6-8-15(10-12)13-5-3-4-7-14-9-13/h11-14H,3-10H2,1-2H3. The monoisotopic (exact) mass is 210 g/mol. The highest BCUT2D eigenvalue weighted by atomic mass is 15.2. The summed E-state index contributed by atoms with van der Waals surface area (Å²) in [5.41, 5.74) is 0. The molecule has 2 heterocycles. The topological polar surface area (TPSA) is 15.3 Å². The van der Waals surface area contributed by atoms with Gasteiger partial charge in [0.05, 0.1) is 0 Å². The first-order chi connectivity index (χ1) is 7.27. The summed E-state index contributed by atoms with van der Waals surface area (Å²) >= 11 is 0.